The van der Waals surface area contributed by atoms with E-state index in [1.165, 1.54) is 0 Å². The Kier molecular flexibility index (Phi) is 3.37. The maximum absolute atomic E-state index is 12.0. The first-order chi connectivity index (χ1) is 8.58. The molecule has 0 bridgehead atoms. The van der Waals surface area contributed by atoms with Gasteiger partial charge in [0.05, 0.1) is 5.69 Å². The van der Waals surface area contributed by atoms with Crippen molar-refractivity contribution in [2.24, 2.45) is 7.05 Å². The lowest BCUT2D eigenvalue weighted by Gasteiger charge is -2.13. The number of aromatic nitrogens is 1. The minimum Gasteiger partial charge on any atom is -0.453 e. The van der Waals surface area contributed by atoms with Crippen LogP contribution in [-0.4, -0.2) is 10.5 Å². The number of aryl methyl sites for hydroxylation is 1. The van der Waals surface area contributed by atoms with Crippen LogP contribution in [0.25, 0.3) is 0 Å². The number of nitrogen functional groups attached to an aromatic ring is 1. The number of hydrogen-bond acceptors (Lipinski definition) is 3. The molecular formula is C14H16N2O2. The van der Waals surface area contributed by atoms with Crippen molar-refractivity contribution >= 4 is 11.7 Å². The van der Waals surface area contributed by atoms with E-state index in [0.717, 1.165) is 5.56 Å². The topological polar surface area (TPSA) is 57.2 Å². The number of ether oxygens (including phenoxy) is 1. The Balaban J connectivity index is 2.10. The van der Waals surface area contributed by atoms with E-state index >= 15 is 0 Å². The molecule has 1 aromatic heterocycles. The van der Waals surface area contributed by atoms with Crippen LogP contribution in [0.4, 0.5) is 5.69 Å². The van der Waals surface area contributed by atoms with Crippen molar-refractivity contribution in [2.45, 2.75) is 13.0 Å². The second-order valence-corrected chi connectivity index (χ2v) is 4.23. The molecule has 2 N–H and O–H groups in total. The highest BCUT2D eigenvalue weighted by Gasteiger charge is 2.16. The molecule has 4 heteroatoms. The van der Waals surface area contributed by atoms with Crippen molar-refractivity contribution in [1.29, 1.82) is 0 Å². The van der Waals surface area contributed by atoms with Gasteiger partial charge in [-0.25, -0.2) is 4.79 Å². The lowest BCUT2D eigenvalue weighted by atomic mass is 10.1. The molecular weight excluding hydrogens is 228 g/mol. The van der Waals surface area contributed by atoms with Gasteiger partial charge in [-0.2, -0.15) is 0 Å². The molecule has 2 rings (SSSR count). The van der Waals surface area contributed by atoms with E-state index in [2.05, 4.69) is 0 Å². The third kappa shape index (κ3) is 2.53. The fourth-order valence-corrected chi connectivity index (χ4v) is 1.81. The molecule has 0 saturated carbocycles. The third-order valence-corrected chi connectivity index (χ3v) is 2.79. The minimum atomic E-state index is -0.370. The SMILES string of the molecule is CC(OC(=O)c1cc(N)cn1C)c1ccccc1. The Morgan fingerprint density at radius 1 is 1.33 bits per heavy atom. The number of carbonyl (C=O) groups is 1. The van der Waals surface area contributed by atoms with Crippen molar-refractivity contribution in [1.82, 2.24) is 4.57 Å². The van der Waals surface area contributed by atoms with Crippen LogP contribution < -0.4 is 5.73 Å². The first-order valence-corrected chi connectivity index (χ1v) is 5.75. The average Bonchev–Trinajstić information content (AvgIpc) is 2.69. The van der Waals surface area contributed by atoms with Gasteiger partial charge in [-0.1, -0.05) is 30.3 Å². The molecule has 2 aromatic rings. The van der Waals surface area contributed by atoms with Crippen LogP contribution in [0.5, 0.6) is 0 Å². The summed E-state index contributed by atoms with van der Waals surface area (Å²) >= 11 is 0. The molecule has 0 aliphatic heterocycles. The molecule has 0 fully saturated rings. The van der Waals surface area contributed by atoms with Crippen LogP contribution in [-0.2, 0) is 11.8 Å². The Labute approximate surface area is 106 Å². The molecule has 0 aliphatic rings. The zero-order chi connectivity index (χ0) is 13.1. The highest BCUT2D eigenvalue weighted by Crippen LogP contribution is 2.19. The average molecular weight is 244 g/mol. The number of hydrogen-bond donors (Lipinski definition) is 1. The molecule has 1 aromatic carbocycles. The maximum Gasteiger partial charge on any atom is 0.355 e. The molecule has 1 atom stereocenters. The monoisotopic (exact) mass is 244 g/mol. The van der Waals surface area contributed by atoms with E-state index < -0.39 is 0 Å². The summed E-state index contributed by atoms with van der Waals surface area (Å²) in [6, 6.07) is 11.2. The van der Waals surface area contributed by atoms with Gasteiger partial charge in [0.15, 0.2) is 0 Å². The molecule has 1 heterocycles. The summed E-state index contributed by atoms with van der Waals surface area (Å²) in [5.41, 5.74) is 7.60. The Bertz CT molecular complexity index is 546. The molecule has 94 valence electrons. The maximum atomic E-state index is 12.0. The van der Waals surface area contributed by atoms with Crippen molar-refractivity contribution in [3.05, 3.63) is 53.9 Å². The molecule has 0 radical (unpaired) electrons. The van der Waals surface area contributed by atoms with Gasteiger partial charge in [-0.3, -0.25) is 0 Å². The molecule has 0 spiro atoms. The van der Waals surface area contributed by atoms with Crippen LogP contribution in [0.2, 0.25) is 0 Å². The van der Waals surface area contributed by atoms with Crippen molar-refractivity contribution in [3.8, 4) is 0 Å². The number of anilines is 1. The summed E-state index contributed by atoms with van der Waals surface area (Å²) in [7, 11) is 1.76. The zero-order valence-corrected chi connectivity index (χ0v) is 10.5. The fourth-order valence-electron chi connectivity index (χ4n) is 1.81. The van der Waals surface area contributed by atoms with Gasteiger partial charge in [-0.05, 0) is 18.6 Å². The number of nitrogens with two attached hydrogens (primary N) is 1. The predicted octanol–water partition coefficient (Wildman–Crippen LogP) is 2.53. The smallest absolute Gasteiger partial charge is 0.355 e. The van der Waals surface area contributed by atoms with Crippen molar-refractivity contribution < 1.29 is 9.53 Å². The molecule has 0 amide bonds. The van der Waals surface area contributed by atoms with Gasteiger partial charge >= 0.3 is 5.97 Å². The van der Waals surface area contributed by atoms with Crippen molar-refractivity contribution in [2.75, 3.05) is 5.73 Å². The normalized spacial score (nSPS) is 12.1. The van der Waals surface area contributed by atoms with E-state index in [1.54, 1.807) is 23.9 Å². The quantitative estimate of drug-likeness (QED) is 0.844. The summed E-state index contributed by atoms with van der Waals surface area (Å²) in [5, 5.41) is 0. The number of carbonyl (C=O) groups excluding carboxylic acids is 1. The second-order valence-electron chi connectivity index (χ2n) is 4.23. The van der Waals surface area contributed by atoms with E-state index in [-0.39, 0.29) is 12.1 Å². The van der Waals surface area contributed by atoms with E-state index in [9.17, 15) is 4.79 Å². The first kappa shape index (κ1) is 12.2. The Morgan fingerprint density at radius 2 is 2.00 bits per heavy atom. The van der Waals surface area contributed by atoms with Gasteiger partial charge in [0.2, 0.25) is 0 Å². The van der Waals surface area contributed by atoms with Crippen LogP contribution in [0.15, 0.2) is 42.6 Å². The Morgan fingerprint density at radius 3 is 2.56 bits per heavy atom. The molecule has 4 nitrogen and oxygen atoms in total. The number of esters is 1. The largest absolute Gasteiger partial charge is 0.453 e. The molecule has 1 unspecified atom stereocenters. The molecule has 0 aliphatic carbocycles. The lowest BCUT2D eigenvalue weighted by Crippen LogP contribution is -2.12. The van der Waals surface area contributed by atoms with E-state index in [4.69, 9.17) is 10.5 Å². The van der Waals surface area contributed by atoms with Gasteiger partial charge in [-0.15, -0.1) is 0 Å². The van der Waals surface area contributed by atoms with Crippen LogP contribution in [0.1, 0.15) is 29.1 Å². The number of nitrogens with zero attached hydrogens (tertiary/aromatic N) is 1. The minimum absolute atomic E-state index is 0.283. The van der Waals surface area contributed by atoms with E-state index in [1.807, 2.05) is 37.3 Å². The standard InChI is InChI=1S/C14H16N2O2/c1-10(11-6-4-3-5-7-11)18-14(17)13-8-12(15)9-16(13)2/h3-10H,15H2,1-2H3. The zero-order valence-electron chi connectivity index (χ0n) is 10.5. The van der Waals surface area contributed by atoms with Gasteiger partial charge in [0.1, 0.15) is 11.8 Å². The summed E-state index contributed by atoms with van der Waals surface area (Å²) in [6.07, 6.45) is 1.40. The Hall–Kier alpha value is -2.23. The summed E-state index contributed by atoms with van der Waals surface area (Å²) < 4.78 is 7.06. The van der Waals surface area contributed by atoms with Crippen LogP contribution in [0.3, 0.4) is 0 Å². The summed E-state index contributed by atoms with van der Waals surface area (Å²) in [5.74, 6) is -0.370. The van der Waals surface area contributed by atoms with Crippen LogP contribution >= 0.6 is 0 Å². The first-order valence-electron chi connectivity index (χ1n) is 5.75. The number of benzene rings is 1. The second kappa shape index (κ2) is 4.96. The lowest BCUT2D eigenvalue weighted by molar-refractivity contribution is 0.0326. The van der Waals surface area contributed by atoms with Crippen molar-refractivity contribution in [3.63, 3.8) is 0 Å². The molecule has 18 heavy (non-hydrogen) atoms. The van der Waals surface area contributed by atoms with Gasteiger partial charge < -0.3 is 15.0 Å². The van der Waals surface area contributed by atoms with E-state index in [0.29, 0.717) is 11.4 Å². The highest BCUT2D eigenvalue weighted by atomic mass is 16.5. The van der Waals surface area contributed by atoms with Gasteiger partial charge in [0, 0.05) is 13.2 Å². The van der Waals surface area contributed by atoms with Crippen LogP contribution in [0, 0.1) is 0 Å². The summed E-state index contributed by atoms with van der Waals surface area (Å²) in [6.45, 7) is 1.85. The van der Waals surface area contributed by atoms with Gasteiger partial charge in [0.25, 0.3) is 0 Å². The third-order valence-electron chi connectivity index (χ3n) is 2.79. The fraction of sp³-hybridized carbons (Fsp3) is 0.214. The molecule has 0 saturated heterocycles. The summed E-state index contributed by atoms with van der Waals surface area (Å²) in [4.78, 5) is 12.0. The predicted molar refractivity (Wildman–Crippen MR) is 70.1 cm³/mol. The highest BCUT2D eigenvalue weighted by molar-refractivity contribution is 5.89. The number of rotatable bonds is 3.